The van der Waals surface area contributed by atoms with Crippen LogP contribution in [-0.4, -0.2) is 25.8 Å². The van der Waals surface area contributed by atoms with E-state index >= 15 is 0 Å². The fourth-order valence-electron chi connectivity index (χ4n) is 1.72. The number of carboxylic acids is 1. The van der Waals surface area contributed by atoms with Gasteiger partial charge in [-0.05, 0) is 24.3 Å². The Bertz CT molecular complexity index is 699. The van der Waals surface area contributed by atoms with E-state index in [2.05, 4.69) is 10.1 Å². The van der Waals surface area contributed by atoms with Gasteiger partial charge in [0.05, 0.1) is 6.33 Å². The summed E-state index contributed by atoms with van der Waals surface area (Å²) in [5.74, 6) is -0.681. The van der Waals surface area contributed by atoms with E-state index in [4.69, 9.17) is 9.63 Å². The predicted molar refractivity (Wildman–Crippen MR) is 66.0 cm³/mol. The SMILES string of the molecule is O=C(O)c1cc(-c2ccc(-n3ccnc3)cc2)on1. The molecule has 0 radical (unpaired) electrons. The highest BCUT2D eigenvalue weighted by Gasteiger charge is 2.11. The second-order valence-corrected chi connectivity index (χ2v) is 3.90. The number of benzene rings is 1. The Morgan fingerprint density at radius 1 is 1.26 bits per heavy atom. The Hall–Kier alpha value is -2.89. The molecule has 0 saturated carbocycles. The summed E-state index contributed by atoms with van der Waals surface area (Å²) in [6.07, 6.45) is 5.24. The van der Waals surface area contributed by atoms with Crippen LogP contribution in [0.5, 0.6) is 0 Å². The maximum Gasteiger partial charge on any atom is 0.358 e. The maximum atomic E-state index is 10.7. The van der Waals surface area contributed by atoms with Crippen molar-refractivity contribution in [3.05, 3.63) is 54.7 Å². The third-order valence-corrected chi connectivity index (χ3v) is 2.68. The first-order chi connectivity index (χ1) is 9.24. The summed E-state index contributed by atoms with van der Waals surface area (Å²) >= 11 is 0. The number of imidazole rings is 1. The number of hydrogen-bond donors (Lipinski definition) is 1. The number of aromatic nitrogens is 3. The number of carboxylic acid groups (broad SMARTS) is 1. The molecule has 3 rings (SSSR count). The van der Waals surface area contributed by atoms with Crippen LogP contribution in [0, 0.1) is 0 Å². The summed E-state index contributed by atoms with van der Waals surface area (Å²) in [6, 6.07) is 8.84. The Kier molecular flexibility index (Phi) is 2.60. The lowest BCUT2D eigenvalue weighted by Gasteiger charge is -2.02. The molecule has 0 unspecified atom stereocenters. The fourth-order valence-corrected chi connectivity index (χ4v) is 1.72. The molecular formula is C13H9N3O3. The molecule has 6 nitrogen and oxygen atoms in total. The number of rotatable bonds is 3. The van der Waals surface area contributed by atoms with Crippen molar-refractivity contribution < 1.29 is 14.4 Å². The fraction of sp³-hybridized carbons (Fsp3) is 0. The quantitative estimate of drug-likeness (QED) is 0.776. The Morgan fingerprint density at radius 3 is 2.63 bits per heavy atom. The van der Waals surface area contributed by atoms with Gasteiger partial charge in [-0.15, -0.1) is 0 Å². The minimum absolute atomic E-state index is 0.103. The van der Waals surface area contributed by atoms with Crippen molar-refractivity contribution in [1.82, 2.24) is 14.7 Å². The average Bonchev–Trinajstić information content (AvgIpc) is 3.11. The molecule has 0 amide bonds. The van der Waals surface area contributed by atoms with Gasteiger partial charge >= 0.3 is 5.97 Å². The van der Waals surface area contributed by atoms with E-state index in [1.807, 2.05) is 35.0 Å². The highest BCUT2D eigenvalue weighted by Crippen LogP contribution is 2.21. The minimum atomic E-state index is -1.11. The summed E-state index contributed by atoms with van der Waals surface area (Å²) in [5, 5.41) is 12.3. The number of hydrogen-bond acceptors (Lipinski definition) is 4. The topological polar surface area (TPSA) is 81.1 Å². The van der Waals surface area contributed by atoms with Gasteiger partial charge in [0.15, 0.2) is 11.5 Å². The number of aromatic carboxylic acids is 1. The van der Waals surface area contributed by atoms with Gasteiger partial charge in [0.2, 0.25) is 0 Å². The lowest BCUT2D eigenvalue weighted by molar-refractivity contribution is 0.0686. The van der Waals surface area contributed by atoms with Crippen molar-refractivity contribution in [2.24, 2.45) is 0 Å². The van der Waals surface area contributed by atoms with Gasteiger partial charge in [0.1, 0.15) is 0 Å². The molecule has 0 bridgehead atoms. The third-order valence-electron chi connectivity index (χ3n) is 2.68. The molecule has 1 N–H and O–H groups in total. The first kappa shape index (κ1) is 11.2. The third kappa shape index (κ3) is 2.11. The molecule has 3 aromatic rings. The van der Waals surface area contributed by atoms with E-state index in [1.165, 1.54) is 6.07 Å². The number of nitrogens with zero attached hydrogens (tertiary/aromatic N) is 3. The molecule has 2 heterocycles. The molecule has 1 aromatic carbocycles. The molecule has 0 aliphatic heterocycles. The first-order valence-electron chi connectivity index (χ1n) is 5.53. The maximum absolute atomic E-state index is 10.7. The van der Waals surface area contributed by atoms with Crippen molar-refractivity contribution >= 4 is 5.97 Å². The Labute approximate surface area is 107 Å². The van der Waals surface area contributed by atoms with Gasteiger partial charge in [-0.25, -0.2) is 9.78 Å². The molecule has 0 fully saturated rings. The lowest BCUT2D eigenvalue weighted by Crippen LogP contribution is -1.94. The van der Waals surface area contributed by atoms with Crippen molar-refractivity contribution in [1.29, 1.82) is 0 Å². The molecule has 19 heavy (non-hydrogen) atoms. The molecule has 0 aliphatic rings. The van der Waals surface area contributed by atoms with E-state index < -0.39 is 5.97 Å². The van der Waals surface area contributed by atoms with Crippen LogP contribution in [0.15, 0.2) is 53.6 Å². The lowest BCUT2D eigenvalue weighted by atomic mass is 10.1. The van der Waals surface area contributed by atoms with Crippen molar-refractivity contribution in [3.8, 4) is 17.0 Å². The van der Waals surface area contributed by atoms with Crippen molar-refractivity contribution in [3.63, 3.8) is 0 Å². The van der Waals surface area contributed by atoms with Crippen LogP contribution in [0.2, 0.25) is 0 Å². The Balaban J connectivity index is 1.91. The van der Waals surface area contributed by atoms with Crippen LogP contribution >= 0.6 is 0 Å². The van der Waals surface area contributed by atoms with E-state index in [0.717, 1.165) is 11.3 Å². The van der Waals surface area contributed by atoms with Gasteiger partial charge in [-0.3, -0.25) is 0 Å². The summed E-state index contributed by atoms with van der Waals surface area (Å²) in [4.78, 5) is 14.7. The largest absolute Gasteiger partial charge is 0.476 e. The standard InChI is InChI=1S/C13H9N3O3/c17-13(18)11-7-12(19-15-11)9-1-3-10(4-2-9)16-6-5-14-8-16/h1-8H,(H,17,18). The van der Waals surface area contributed by atoms with Crippen molar-refractivity contribution in [2.75, 3.05) is 0 Å². The highest BCUT2D eigenvalue weighted by molar-refractivity contribution is 5.86. The molecule has 0 atom stereocenters. The molecule has 0 aliphatic carbocycles. The normalized spacial score (nSPS) is 10.5. The molecular weight excluding hydrogens is 246 g/mol. The first-order valence-corrected chi connectivity index (χ1v) is 5.53. The predicted octanol–water partition coefficient (Wildman–Crippen LogP) is 2.23. The van der Waals surface area contributed by atoms with Crippen LogP contribution in [0.4, 0.5) is 0 Å². The molecule has 94 valence electrons. The molecule has 0 saturated heterocycles. The van der Waals surface area contributed by atoms with Gasteiger partial charge < -0.3 is 14.2 Å². The summed E-state index contributed by atoms with van der Waals surface area (Å²) < 4.78 is 6.86. The minimum Gasteiger partial charge on any atom is -0.476 e. The van der Waals surface area contributed by atoms with Crippen molar-refractivity contribution in [2.45, 2.75) is 0 Å². The second kappa shape index (κ2) is 4.41. The monoisotopic (exact) mass is 255 g/mol. The van der Waals surface area contributed by atoms with Gasteiger partial charge in [0.25, 0.3) is 0 Å². The van der Waals surface area contributed by atoms with Gasteiger partial charge in [-0.1, -0.05) is 5.16 Å². The van der Waals surface area contributed by atoms with E-state index in [9.17, 15) is 4.79 Å². The van der Waals surface area contributed by atoms with Gasteiger partial charge in [-0.2, -0.15) is 0 Å². The summed E-state index contributed by atoms with van der Waals surface area (Å²) in [5.41, 5.74) is 1.62. The van der Waals surface area contributed by atoms with Crippen LogP contribution in [0.25, 0.3) is 17.0 Å². The van der Waals surface area contributed by atoms with Crippen LogP contribution in [-0.2, 0) is 0 Å². The zero-order chi connectivity index (χ0) is 13.2. The zero-order valence-corrected chi connectivity index (χ0v) is 9.72. The average molecular weight is 255 g/mol. The zero-order valence-electron chi connectivity index (χ0n) is 9.72. The van der Waals surface area contributed by atoms with Crippen LogP contribution in [0.3, 0.4) is 0 Å². The van der Waals surface area contributed by atoms with Crippen LogP contribution < -0.4 is 0 Å². The summed E-state index contributed by atoms with van der Waals surface area (Å²) in [7, 11) is 0. The van der Waals surface area contributed by atoms with E-state index in [0.29, 0.717) is 5.76 Å². The summed E-state index contributed by atoms with van der Waals surface area (Å²) in [6.45, 7) is 0. The van der Waals surface area contributed by atoms with Gasteiger partial charge in [0, 0.05) is 29.7 Å². The second-order valence-electron chi connectivity index (χ2n) is 3.90. The van der Waals surface area contributed by atoms with E-state index in [1.54, 1.807) is 12.5 Å². The number of carbonyl (C=O) groups is 1. The Morgan fingerprint density at radius 2 is 2.05 bits per heavy atom. The smallest absolute Gasteiger partial charge is 0.358 e. The van der Waals surface area contributed by atoms with Crippen LogP contribution in [0.1, 0.15) is 10.5 Å². The molecule has 0 spiro atoms. The highest BCUT2D eigenvalue weighted by atomic mass is 16.5. The molecule has 2 aromatic heterocycles. The molecule has 6 heteroatoms. The van der Waals surface area contributed by atoms with E-state index in [-0.39, 0.29) is 5.69 Å².